The molecule has 0 radical (unpaired) electrons. The van der Waals surface area contributed by atoms with Crippen LogP contribution < -0.4 is 5.32 Å². The number of nitrogens with one attached hydrogen (secondary N) is 1. The molecule has 12 heavy (non-hydrogen) atoms. The Balaban J connectivity index is 2.09. The first-order chi connectivity index (χ1) is 5.83. The maximum atomic E-state index is 10.7. The molecule has 1 N–H and O–H groups in total. The zero-order valence-corrected chi connectivity index (χ0v) is 7.34. The van der Waals surface area contributed by atoms with E-state index >= 15 is 0 Å². The maximum Gasteiger partial charge on any atom is 0.331 e. The molecule has 1 rings (SSSR count). The third-order valence-corrected chi connectivity index (χ3v) is 1.92. The van der Waals surface area contributed by atoms with E-state index in [1.54, 1.807) is 0 Å². The van der Waals surface area contributed by atoms with Crippen LogP contribution in [0.15, 0.2) is 0 Å². The lowest BCUT2D eigenvalue weighted by Gasteiger charge is -2.22. The summed E-state index contributed by atoms with van der Waals surface area (Å²) in [6.07, 6.45) is 2.33. The highest BCUT2D eigenvalue weighted by Gasteiger charge is 2.14. The monoisotopic (exact) mass is 173 g/mol. The number of hydrogen-bond acceptors (Lipinski definition) is 4. The number of ether oxygens (including phenoxy) is 2. The highest BCUT2D eigenvalue weighted by molar-refractivity contribution is 5.70. The SMILES string of the molecule is COC(=O)COC1CCCNC1. The summed E-state index contributed by atoms with van der Waals surface area (Å²) in [7, 11) is 1.37. The van der Waals surface area contributed by atoms with Crippen molar-refractivity contribution in [3.8, 4) is 0 Å². The van der Waals surface area contributed by atoms with Crippen molar-refractivity contribution >= 4 is 5.97 Å². The van der Waals surface area contributed by atoms with Gasteiger partial charge in [-0.1, -0.05) is 0 Å². The minimum Gasteiger partial charge on any atom is -0.467 e. The van der Waals surface area contributed by atoms with Crippen LogP contribution in [0.3, 0.4) is 0 Å². The largest absolute Gasteiger partial charge is 0.467 e. The van der Waals surface area contributed by atoms with Gasteiger partial charge in [-0.15, -0.1) is 0 Å². The van der Waals surface area contributed by atoms with E-state index in [9.17, 15) is 4.79 Å². The molecule has 70 valence electrons. The molecule has 1 fully saturated rings. The molecule has 1 saturated heterocycles. The Morgan fingerprint density at radius 1 is 1.67 bits per heavy atom. The summed E-state index contributed by atoms with van der Waals surface area (Å²) in [5.41, 5.74) is 0. The zero-order valence-electron chi connectivity index (χ0n) is 7.34. The topological polar surface area (TPSA) is 47.6 Å². The Hall–Kier alpha value is -0.610. The van der Waals surface area contributed by atoms with Crippen molar-refractivity contribution in [2.75, 3.05) is 26.8 Å². The first-order valence-electron chi connectivity index (χ1n) is 4.22. The third-order valence-electron chi connectivity index (χ3n) is 1.92. The predicted octanol–water partition coefficient (Wildman–Crippen LogP) is -0.0720. The maximum absolute atomic E-state index is 10.7. The molecule has 1 atom stereocenters. The molecule has 1 aliphatic rings. The summed E-state index contributed by atoms with van der Waals surface area (Å²) < 4.78 is 9.76. The van der Waals surface area contributed by atoms with Crippen molar-refractivity contribution in [1.29, 1.82) is 0 Å². The van der Waals surface area contributed by atoms with Crippen LogP contribution in [0.2, 0.25) is 0 Å². The number of rotatable bonds is 3. The van der Waals surface area contributed by atoms with Gasteiger partial charge in [0.1, 0.15) is 6.61 Å². The highest BCUT2D eigenvalue weighted by Crippen LogP contribution is 2.05. The van der Waals surface area contributed by atoms with E-state index in [4.69, 9.17) is 4.74 Å². The van der Waals surface area contributed by atoms with Crippen LogP contribution in [0, 0.1) is 0 Å². The fourth-order valence-electron chi connectivity index (χ4n) is 1.21. The Bertz CT molecular complexity index is 143. The van der Waals surface area contributed by atoms with Gasteiger partial charge in [0.25, 0.3) is 0 Å². The summed E-state index contributed by atoms with van der Waals surface area (Å²) >= 11 is 0. The number of carbonyl (C=O) groups excluding carboxylic acids is 1. The van der Waals surface area contributed by atoms with Crippen molar-refractivity contribution in [3.63, 3.8) is 0 Å². The molecule has 0 aromatic heterocycles. The predicted molar refractivity (Wildman–Crippen MR) is 43.9 cm³/mol. The Kier molecular flexibility index (Phi) is 4.04. The van der Waals surface area contributed by atoms with Gasteiger partial charge in [-0.25, -0.2) is 4.79 Å². The molecule has 0 spiro atoms. The Morgan fingerprint density at radius 3 is 3.08 bits per heavy atom. The van der Waals surface area contributed by atoms with E-state index in [1.165, 1.54) is 7.11 Å². The van der Waals surface area contributed by atoms with E-state index in [-0.39, 0.29) is 18.7 Å². The van der Waals surface area contributed by atoms with Gasteiger partial charge >= 0.3 is 5.97 Å². The fourth-order valence-corrected chi connectivity index (χ4v) is 1.21. The molecular weight excluding hydrogens is 158 g/mol. The molecule has 1 aliphatic heterocycles. The summed E-state index contributed by atoms with van der Waals surface area (Å²) in [6, 6.07) is 0. The van der Waals surface area contributed by atoms with Crippen LogP contribution in [0.25, 0.3) is 0 Å². The zero-order chi connectivity index (χ0) is 8.81. The van der Waals surface area contributed by atoms with Crippen molar-refractivity contribution in [3.05, 3.63) is 0 Å². The molecule has 0 saturated carbocycles. The van der Waals surface area contributed by atoms with Gasteiger partial charge in [0.05, 0.1) is 13.2 Å². The minimum atomic E-state index is -0.305. The Morgan fingerprint density at radius 2 is 2.50 bits per heavy atom. The summed E-state index contributed by atoms with van der Waals surface area (Å²) in [5, 5.41) is 3.20. The van der Waals surface area contributed by atoms with Gasteiger partial charge in [-0.3, -0.25) is 0 Å². The lowest BCUT2D eigenvalue weighted by Crippen LogP contribution is -2.36. The quantitative estimate of drug-likeness (QED) is 0.607. The van der Waals surface area contributed by atoms with Gasteiger partial charge in [0.15, 0.2) is 0 Å². The molecule has 0 aromatic rings. The molecule has 4 heteroatoms. The smallest absolute Gasteiger partial charge is 0.331 e. The molecule has 0 amide bonds. The average molecular weight is 173 g/mol. The summed E-state index contributed by atoms with van der Waals surface area (Å²) in [5.74, 6) is -0.305. The Labute approximate surface area is 72.2 Å². The van der Waals surface area contributed by atoms with Crippen LogP contribution in [0.1, 0.15) is 12.8 Å². The highest BCUT2D eigenvalue weighted by atomic mass is 16.6. The number of methoxy groups -OCH3 is 1. The number of esters is 1. The van der Waals surface area contributed by atoms with Crippen LogP contribution in [0.4, 0.5) is 0 Å². The van der Waals surface area contributed by atoms with Crippen molar-refractivity contribution in [2.45, 2.75) is 18.9 Å². The van der Waals surface area contributed by atoms with Gasteiger partial charge in [-0.2, -0.15) is 0 Å². The van der Waals surface area contributed by atoms with Crippen LogP contribution >= 0.6 is 0 Å². The second kappa shape index (κ2) is 5.11. The van der Waals surface area contributed by atoms with E-state index in [0.717, 1.165) is 25.9 Å². The van der Waals surface area contributed by atoms with E-state index < -0.39 is 0 Å². The minimum absolute atomic E-state index is 0.0723. The van der Waals surface area contributed by atoms with Gasteiger partial charge in [-0.05, 0) is 19.4 Å². The molecule has 0 bridgehead atoms. The lowest BCUT2D eigenvalue weighted by molar-refractivity contribution is -0.148. The summed E-state index contributed by atoms with van der Waals surface area (Å²) in [4.78, 5) is 10.7. The van der Waals surface area contributed by atoms with Gasteiger partial charge in [0, 0.05) is 6.54 Å². The second-order valence-electron chi connectivity index (χ2n) is 2.86. The molecule has 1 unspecified atom stereocenters. The summed E-state index contributed by atoms with van der Waals surface area (Å²) in [6.45, 7) is 1.97. The van der Waals surface area contributed by atoms with Crippen molar-refractivity contribution in [2.24, 2.45) is 0 Å². The molecule has 1 heterocycles. The van der Waals surface area contributed by atoms with Gasteiger partial charge in [0.2, 0.25) is 0 Å². The molecule has 4 nitrogen and oxygen atoms in total. The average Bonchev–Trinajstić information content (AvgIpc) is 2.16. The molecule has 0 aromatic carbocycles. The van der Waals surface area contributed by atoms with Gasteiger partial charge < -0.3 is 14.8 Å². The second-order valence-corrected chi connectivity index (χ2v) is 2.86. The normalized spacial score (nSPS) is 23.6. The van der Waals surface area contributed by atoms with E-state index in [1.807, 2.05) is 0 Å². The first-order valence-corrected chi connectivity index (χ1v) is 4.22. The molecule has 0 aliphatic carbocycles. The van der Waals surface area contributed by atoms with Crippen LogP contribution in [-0.2, 0) is 14.3 Å². The van der Waals surface area contributed by atoms with E-state index in [2.05, 4.69) is 10.1 Å². The number of carbonyl (C=O) groups is 1. The van der Waals surface area contributed by atoms with Crippen LogP contribution in [0.5, 0.6) is 0 Å². The van der Waals surface area contributed by atoms with Crippen LogP contribution in [-0.4, -0.2) is 38.9 Å². The van der Waals surface area contributed by atoms with Crippen molar-refractivity contribution in [1.82, 2.24) is 5.32 Å². The number of hydrogen-bond donors (Lipinski definition) is 1. The first kappa shape index (κ1) is 9.48. The van der Waals surface area contributed by atoms with E-state index in [0.29, 0.717) is 0 Å². The standard InChI is InChI=1S/C8H15NO3/c1-11-8(10)6-12-7-3-2-4-9-5-7/h7,9H,2-6H2,1H3. The fraction of sp³-hybridized carbons (Fsp3) is 0.875. The van der Waals surface area contributed by atoms with Crippen molar-refractivity contribution < 1.29 is 14.3 Å². The third kappa shape index (κ3) is 3.19. The molecular formula is C8H15NO3. The number of piperidine rings is 1. The lowest BCUT2D eigenvalue weighted by atomic mass is 10.1.